The second-order valence-corrected chi connectivity index (χ2v) is 2.58. The molecule has 0 aromatic rings. The number of carbonyl (C=O) groups excluding carboxylic acids is 1. The number of hydrogen-bond acceptors (Lipinski definition) is 4. The molecule has 1 fully saturated rings. The molecule has 0 bridgehead atoms. The number of ether oxygens (including phenoxy) is 3. The van der Waals surface area contributed by atoms with Gasteiger partial charge in [-0.15, -0.1) is 0 Å². The highest BCUT2D eigenvalue weighted by molar-refractivity contribution is 5.62. The highest BCUT2D eigenvalue weighted by Gasteiger charge is 2.41. The number of rotatable bonds is 4. The first-order valence-electron chi connectivity index (χ1n) is 3.97. The Hall–Kier alpha value is -1.10. The number of halogens is 1. The zero-order valence-corrected chi connectivity index (χ0v) is 7.29. The average molecular weight is 190 g/mol. The fourth-order valence-electron chi connectivity index (χ4n) is 0.963. The van der Waals surface area contributed by atoms with E-state index in [0.29, 0.717) is 12.8 Å². The lowest BCUT2D eigenvalue weighted by molar-refractivity contribution is -0.173. The molecular formula is C8H11FO4. The largest absolute Gasteiger partial charge is 0.511 e. The highest BCUT2D eigenvalue weighted by atomic mass is 19.1. The van der Waals surface area contributed by atoms with Crippen LogP contribution in [0, 0.1) is 0 Å². The van der Waals surface area contributed by atoms with Crippen molar-refractivity contribution in [3.05, 3.63) is 12.4 Å². The maximum Gasteiger partial charge on any atom is 0.511 e. The van der Waals surface area contributed by atoms with Gasteiger partial charge in [0.1, 0.15) is 0 Å². The summed E-state index contributed by atoms with van der Waals surface area (Å²) in [5.41, 5.74) is 0. The van der Waals surface area contributed by atoms with Crippen LogP contribution in [0.3, 0.4) is 0 Å². The van der Waals surface area contributed by atoms with Gasteiger partial charge in [0.2, 0.25) is 0 Å². The fourth-order valence-corrected chi connectivity index (χ4v) is 0.963. The van der Waals surface area contributed by atoms with E-state index < -0.39 is 11.9 Å². The molecule has 13 heavy (non-hydrogen) atoms. The third-order valence-corrected chi connectivity index (χ3v) is 1.75. The molecule has 74 valence electrons. The molecule has 4 nitrogen and oxygen atoms in total. The first-order chi connectivity index (χ1) is 6.22. The maximum absolute atomic E-state index is 11.6. The molecule has 1 aliphatic heterocycles. The lowest BCUT2D eigenvalue weighted by Crippen LogP contribution is -2.34. The molecule has 1 atom stereocenters. The van der Waals surface area contributed by atoms with E-state index in [1.165, 1.54) is 6.08 Å². The minimum Gasteiger partial charge on any atom is -0.427 e. The minimum atomic E-state index is -1.03. The van der Waals surface area contributed by atoms with E-state index in [4.69, 9.17) is 9.47 Å². The van der Waals surface area contributed by atoms with Crippen LogP contribution in [0.2, 0.25) is 0 Å². The summed E-state index contributed by atoms with van der Waals surface area (Å²) < 4.78 is 26.1. The Labute approximate surface area is 75.3 Å². The first-order valence-corrected chi connectivity index (χ1v) is 3.97. The monoisotopic (exact) mass is 190 g/mol. The van der Waals surface area contributed by atoms with E-state index in [9.17, 15) is 9.18 Å². The van der Waals surface area contributed by atoms with Gasteiger partial charge in [0.25, 0.3) is 5.79 Å². The van der Waals surface area contributed by atoms with Crippen molar-refractivity contribution in [1.29, 1.82) is 0 Å². The predicted molar refractivity (Wildman–Crippen MR) is 41.7 cm³/mol. The minimum absolute atomic E-state index is 0.0565. The summed E-state index contributed by atoms with van der Waals surface area (Å²) in [7, 11) is 0. The number of cyclic esters (lactones) is 2. The van der Waals surface area contributed by atoms with Gasteiger partial charge in [-0.25, -0.2) is 9.18 Å². The van der Waals surface area contributed by atoms with Gasteiger partial charge in [-0.2, -0.15) is 0 Å². The Balaban J connectivity index is 2.45. The third-order valence-electron chi connectivity index (χ3n) is 1.75. The Morgan fingerprint density at radius 1 is 1.77 bits per heavy atom. The normalized spacial score (nSPS) is 27.7. The van der Waals surface area contributed by atoms with Gasteiger partial charge >= 0.3 is 6.16 Å². The van der Waals surface area contributed by atoms with Crippen LogP contribution < -0.4 is 0 Å². The molecule has 0 aromatic carbocycles. The molecule has 1 heterocycles. The van der Waals surface area contributed by atoms with Crippen molar-refractivity contribution in [2.45, 2.75) is 19.1 Å². The van der Waals surface area contributed by atoms with Crippen molar-refractivity contribution in [2.24, 2.45) is 0 Å². The average Bonchev–Trinajstić information content (AvgIpc) is 2.49. The Kier molecular flexibility index (Phi) is 3.25. The van der Waals surface area contributed by atoms with Crippen LogP contribution in [0.4, 0.5) is 9.18 Å². The standard InChI is InChI=1S/C8H11FO4/c1-2-8(12-5-3-4-9)6-11-7(10)13-8/h3-4H,2,5-6H2,1H3/b4-3-. The molecule has 0 aromatic heterocycles. The van der Waals surface area contributed by atoms with Crippen molar-refractivity contribution < 1.29 is 23.4 Å². The second-order valence-electron chi connectivity index (χ2n) is 2.58. The van der Waals surface area contributed by atoms with Crippen LogP contribution in [0.1, 0.15) is 13.3 Å². The zero-order valence-electron chi connectivity index (χ0n) is 7.29. The second kappa shape index (κ2) is 4.23. The Morgan fingerprint density at radius 3 is 3.00 bits per heavy atom. The number of hydrogen-bond donors (Lipinski definition) is 0. The molecule has 0 spiro atoms. The van der Waals surface area contributed by atoms with Gasteiger partial charge in [0.15, 0.2) is 6.61 Å². The van der Waals surface area contributed by atoms with Crippen molar-refractivity contribution in [1.82, 2.24) is 0 Å². The summed E-state index contributed by atoms with van der Waals surface area (Å²) >= 11 is 0. The van der Waals surface area contributed by atoms with Crippen LogP contribution in [-0.4, -0.2) is 25.2 Å². The van der Waals surface area contributed by atoms with E-state index >= 15 is 0 Å². The summed E-state index contributed by atoms with van der Waals surface area (Å²) in [5, 5.41) is 0. The molecule has 0 radical (unpaired) electrons. The molecular weight excluding hydrogens is 179 g/mol. The van der Waals surface area contributed by atoms with Gasteiger partial charge in [0, 0.05) is 6.42 Å². The van der Waals surface area contributed by atoms with Gasteiger partial charge in [0.05, 0.1) is 12.9 Å². The summed E-state index contributed by atoms with van der Waals surface area (Å²) in [6.45, 7) is 1.91. The topological polar surface area (TPSA) is 44.8 Å². The Bertz CT molecular complexity index is 216. The molecule has 1 saturated heterocycles. The van der Waals surface area contributed by atoms with Crippen LogP contribution in [0.5, 0.6) is 0 Å². The molecule has 5 heteroatoms. The lowest BCUT2D eigenvalue weighted by Gasteiger charge is -2.22. The van der Waals surface area contributed by atoms with Crippen LogP contribution >= 0.6 is 0 Å². The molecule has 0 saturated carbocycles. The van der Waals surface area contributed by atoms with E-state index in [0.717, 1.165) is 0 Å². The van der Waals surface area contributed by atoms with E-state index in [2.05, 4.69) is 4.74 Å². The van der Waals surface area contributed by atoms with E-state index in [1.54, 1.807) is 6.92 Å². The highest BCUT2D eigenvalue weighted by Crippen LogP contribution is 2.25. The first kappa shape index (κ1) is 9.98. The molecule has 0 amide bonds. The van der Waals surface area contributed by atoms with Gasteiger partial charge in [-0.3, -0.25) is 0 Å². The Morgan fingerprint density at radius 2 is 2.54 bits per heavy atom. The third kappa shape index (κ3) is 2.42. The number of carbonyl (C=O) groups is 1. The summed E-state index contributed by atoms with van der Waals surface area (Å²) in [4.78, 5) is 10.6. The SMILES string of the molecule is CCC1(OC/C=C\F)COC(=O)O1. The molecule has 0 N–H and O–H groups in total. The molecule has 0 aliphatic carbocycles. The van der Waals surface area contributed by atoms with Crippen LogP contribution in [0.25, 0.3) is 0 Å². The fraction of sp³-hybridized carbons (Fsp3) is 0.625. The van der Waals surface area contributed by atoms with E-state index in [1.807, 2.05) is 0 Å². The van der Waals surface area contributed by atoms with E-state index in [-0.39, 0.29) is 13.2 Å². The smallest absolute Gasteiger partial charge is 0.427 e. The summed E-state index contributed by atoms with van der Waals surface area (Å²) in [5.74, 6) is -1.03. The van der Waals surface area contributed by atoms with Gasteiger partial charge < -0.3 is 14.2 Å². The molecule has 1 aliphatic rings. The van der Waals surface area contributed by atoms with Gasteiger partial charge in [-0.1, -0.05) is 6.92 Å². The maximum atomic E-state index is 11.6. The van der Waals surface area contributed by atoms with Crippen molar-refractivity contribution in [3.8, 4) is 0 Å². The summed E-state index contributed by atoms with van der Waals surface area (Å²) in [6, 6.07) is 0. The quantitative estimate of drug-likeness (QED) is 0.633. The lowest BCUT2D eigenvalue weighted by atomic mass is 10.2. The molecule has 1 rings (SSSR count). The predicted octanol–water partition coefficient (Wildman–Crippen LogP) is 1.76. The van der Waals surface area contributed by atoms with Gasteiger partial charge in [-0.05, 0) is 6.08 Å². The van der Waals surface area contributed by atoms with Crippen molar-refractivity contribution in [3.63, 3.8) is 0 Å². The zero-order chi connectivity index (χ0) is 9.73. The van der Waals surface area contributed by atoms with Crippen LogP contribution in [0.15, 0.2) is 12.4 Å². The van der Waals surface area contributed by atoms with Crippen molar-refractivity contribution >= 4 is 6.16 Å². The molecule has 1 unspecified atom stereocenters. The van der Waals surface area contributed by atoms with Crippen LogP contribution in [-0.2, 0) is 14.2 Å². The summed E-state index contributed by atoms with van der Waals surface area (Å²) in [6.07, 6.45) is 1.29. The van der Waals surface area contributed by atoms with Crippen molar-refractivity contribution in [2.75, 3.05) is 13.2 Å².